The van der Waals surface area contributed by atoms with Gasteiger partial charge in [-0.15, -0.1) is 0 Å². The highest BCUT2D eigenvalue weighted by atomic mass is 79.9. The van der Waals surface area contributed by atoms with Gasteiger partial charge in [-0.2, -0.15) is 0 Å². The molecule has 0 heterocycles. The molecule has 3 aromatic rings. The van der Waals surface area contributed by atoms with Gasteiger partial charge in [0.15, 0.2) is 0 Å². The Kier molecular flexibility index (Phi) is 4.44. The summed E-state index contributed by atoms with van der Waals surface area (Å²) in [5.41, 5.74) is 8.64. The van der Waals surface area contributed by atoms with E-state index in [1.54, 1.807) is 0 Å². The molecule has 0 aromatic heterocycles. The number of carbonyl (C=O) groups is 1. The summed E-state index contributed by atoms with van der Waals surface area (Å²) < 4.78 is 1.04. The Morgan fingerprint density at radius 3 is 1.96 bits per heavy atom. The number of carbonyl (C=O) groups excluding carboxylic acids is 1. The molecule has 3 aromatic carbocycles. The van der Waals surface area contributed by atoms with Crippen LogP contribution in [0.4, 0.5) is 0 Å². The highest BCUT2D eigenvalue weighted by Crippen LogP contribution is 2.50. The molecule has 1 nitrogen and oxygen atoms in total. The summed E-state index contributed by atoms with van der Waals surface area (Å²) in [6.07, 6.45) is 0.957. The van der Waals surface area contributed by atoms with Crippen LogP contribution in [0.5, 0.6) is 0 Å². The van der Waals surface area contributed by atoms with Crippen LogP contribution in [0.1, 0.15) is 29.2 Å². The first-order chi connectivity index (χ1) is 12.7. The molecule has 2 heteroatoms. The van der Waals surface area contributed by atoms with Crippen molar-refractivity contribution in [3.63, 3.8) is 0 Å². The molecule has 0 N–H and O–H groups in total. The highest BCUT2D eigenvalue weighted by molar-refractivity contribution is 9.10. The first-order valence-electron chi connectivity index (χ1n) is 8.52. The molecule has 1 aliphatic carbocycles. The molecule has 0 fully saturated rings. The van der Waals surface area contributed by atoms with E-state index in [9.17, 15) is 4.79 Å². The topological polar surface area (TPSA) is 17.1 Å². The average molecular weight is 401 g/mol. The zero-order valence-corrected chi connectivity index (χ0v) is 16.0. The molecule has 26 heavy (non-hydrogen) atoms. The lowest BCUT2D eigenvalue weighted by Crippen LogP contribution is -1.92. The normalized spacial score (nSPS) is 15.0. The Bertz CT molecular complexity index is 1040. The molecular formula is C24H17BrO. The third kappa shape index (κ3) is 2.77. The van der Waals surface area contributed by atoms with Gasteiger partial charge in [0.05, 0.1) is 0 Å². The quantitative estimate of drug-likeness (QED) is 0.367. The Morgan fingerprint density at radius 1 is 0.731 bits per heavy atom. The van der Waals surface area contributed by atoms with E-state index in [-0.39, 0.29) is 0 Å². The van der Waals surface area contributed by atoms with Crippen molar-refractivity contribution in [2.45, 2.75) is 6.92 Å². The summed E-state index contributed by atoms with van der Waals surface area (Å²) in [4.78, 5) is 11.7. The Balaban J connectivity index is 2.12. The van der Waals surface area contributed by atoms with Gasteiger partial charge in [0.1, 0.15) is 6.29 Å². The van der Waals surface area contributed by atoms with Gasteiger partial charge in [-0.1, -0.05) is 82.7 Å². The summed E-state index contributed by atoms with van der Waals surface area (Å²) in [7, 11) is 0. The number of aldehydes is 1. The first kappa shape index (κ1) is 16.7. The van der Waals surface area contributed by atoms with Gasteiger partial charge < -0.3 is 0 Å². The standard InChI is InChI=1S/C24H17BrO/c1-16(15-26)22-20-9-5-6-10-21(20)23(17-7-3-2-4-8-17)24(22)18-11-13-19(25)14-12-18/h2-15H,1H3/b22-16-. The molecule has 0 bridgehead atoms. The van der Waals surface area contributed by atoms with Crippen LogP contribution in [0, 0.1) is 0 Å². The SMILES string of the molecule is C/C(C=O)=C1/C(c2ccc(Br)cc2)=C(c2ccccc2)c2ccccc21. The Morgan fingerprint density at radius 2 is 1.31 bits per heavy atom. The lowest BCUT2D eigenvalue weighted by Gasteiger charge is -2.12. The van der Waals surface area contributed by atoms with Crippen LogP contribution in [0.25, 0.3) is 16.7 Å². The van der Waals surface area contributed by atoms with Crippen molar-refractivity contribution in [1.82, 2.24) is 0 Å². The third-order valence-corrected chi connectivity index (χ3v) is 5.26. The average Bonchev–Trinajstić information content (AvgIpc) is 3.04. The summed E-state index contributed by atoms with van der Waals surface area (Å²) in [5, 5.41) is 0. The maximum absolute atomic E-state index is 11.7. The molecule has 0 atom stereocenters. The maximum Gasteiger partial charge on any atom is 0.146 e. The van der Waals surface area contributed by atoms with Gasteiger partial charge in [-0.3, -0.25) is 4.79 Å². The van der Waals surface area contributed by atoms with Crippen molar-refractivity contribution in [2.75, 3.05) is 0 Å². The van der Waals surface area contributed by atoms with Crippen LogP contribution in [0.3, 0.4) is 0 Å². The Labute approximate surface area is 161 Å². The minimum Gasteiger partial charge on any atom is -0.298 e. The Hall–Kier alpha value is -2.71. The number of halogens is 1. The molecule has 4 rings (SSSR count). The van der Waals surface area contributed by atoms with Crippen molar-refractivity contribution in [1.29, 1.82) is 0 Å². The van der Waals surface area contributed by atoms with Gasteiger partial charge in [-0.25, -0.2) is 0 Å². The number of rotatable bonds is 3. The maximum atomic E-state index is 11.7. The van der Waals surface area contributed by atoms with E-state index in [0.29, 0.717) is 0 Å². The fourth-order valence-electron chi connectivity index (χ4n) is 3.59. The first-order valence-corrected chi connectivity index (χ1v) is 9.32. The summed E-state index contributed by atoms with van der Waals surface area (Å²) in [5.74, 6) is 0. The molecule has 0 radical (unpaired) electrons. The fourth-order valence-corrected chi connectivity index (χ4v) is 3.86. The predicted molar refractivity (Wildman–Crippen MR) is 112 cm³/mol. The number of allylic oxidation sites excluding steroid dienone is 3. The smallest absolute Gasteiger partial charge is 0.146 e. The van der Waals surface area contributed by atoms with E-state index < -0.39 is 0 Å². The van der Waals surface area contributed by atoms with Crippen molar-refractivity contribution >= 4 is 38.9 Å². The van der Waals surface area contributed by atoms with Gasteiger partial charge in [0, 0.05) is 4.47 Å². The third-order valence-electron chi connectivity index (χ3n) is 4.73. The van der Waals surface area contributed by atoms with Gasteiger partial charge >= 0.3 is 0 Å². The number of hydrogen-bond donors (Lipinski definition) is 0. The van der Waals surface area contributed by atoms with E-state index in [1.165, 1.54) is 11.1 Å². The number of fused-ring (bicyclic) bond motifs is 1. The number of benzene rings is 3. The monoisotopic (exact) mass is 400 g/mol. The lowest BCUT2D eigenvalue weighted by atomic mass is 9.91. The van der Waals surface area contributed by atoms with Crippen LogP contribution in [0.2, 0.25) is 0 Å². The number of hydrogen-bond acceptors (Lipinski definition) is 1. The highest BCUT2D eigenvalue weighted by Gasteiger charge is 2.29. The van der Waals surface area contributed by atoms with Crippen LogP contribution >= 0.6 is 15.9 Å². The second kappa shape index (κ2) is 6.89. The second-order valence-electron chi connectivity index (χ2n) is 6.34. The van der Waals surface area contributed by atoms with Crippen LogP contribution < -0.4 is 0 Å². The van der Waals surface area contributed by atoms with E-state index >= 15 is 0 Å². The van der Waals surface area contributed by atoms with Crippen LogP contribution in [-0.4, -0.2) is 6.29 Å². The summed E-state index contributed by atoms with van der Waals surface area (Å²) in [6, 6.07) is 27.0. The molecule has 0 unspecified atom stereocenters. The van der Waals surface area contributed by atoms with Crippen LogP contribution in [-0.2, 0) is 4.79 Å². The van der Waals surface area contributed by atoms with E-state index in [0.717, 1.165) is 44.2 Å². The zero-order valence-electron chi connectivity index (χ0n) is 14.4. The molecule has 0 spiro atoms. The predicted octanol–water partition coefficient (Wildman–Crippen LogP) is 6.39. The molecule has 0 saturated carbocycles. The lowest BCUT2D eigenvalue weighted by molar-refractivity contribution is -0.104. The second-order valence-corrected chi connectivity index (χ2v) is 7.26. The molecule has 1 aliphatic rings. The molecule has 0 amide bonds. The minimum atomic E-state index is 0.751. The van der Waals surface area contributed by atoms with Crippen molar-refractivity contribution in [3.8, 4) is 0 Å². The minimum absolute atomic E-state index is 0.751. The molecule has 126 valence electrons. The largest absolute Gasteiger partial charge is 0.298 e. The van der Waals surface area contributed by atoms with Gasteiger partial charge in [0.25, 0.3) is 0 Å². The van der Waals surface area contributed by atoms with Gasteiger partial charge in [-0.05, 0) is 63.6 Å². The van der Waals surface area contributed by atoms with Gasteiger partial charge in [0.2, 0.25) is 0 Å². The molecule has 0 aliphatic heterocycles. The summed E-state index contributed by atoms with van der Waals surface area (Å²) in [6.45, 7) is 1.89. The van der Waals surface area contributed by atoms with Crippen molar-refractivity contribution in [2.24, 2.45) is 0 Å². The van der Waals surface area contributed by atoms with E-state index in [4.69, 9.17) is 0 Å². The molecular weight excluding hydrogens is 384 g/mol. The van der Waals surface area contributed by atoms with Crippen LogP contribution in [0.15, 0.2) is 88.9 Å². The van der Waals surface area contributed by atoms with E-state index in [1.807, 2.05) is 31.2 Å². The molecule has 0 saturated heterocycles. The van der Waals surface area contributed by atoms with E-state index in [2.05, 4.69) is 70.5 Å². The summed E-state index contributed by atoms with van der Waals surface area (Å²) >= 11 is 3.52. The van der Waals surface area contributed by atoms with Crippen molar-refractivity contribution in [3.05, 3.63) is 111 Å². The van der Waals surface area contributed by atoms with Crippen molar-refractivity contribution < 1.29 is 4.79 Å². The zero-order chi connectivity index (χ0) is 18.1. The fraction of sp³-hybridized carbons (Fsp3) is 0.0417.